The van der Waals surface area contributed by atoms with Crippen molar-refractivity contribution in [1.82, 2.24) is 5.32 Å². The third-order valence-electron chi connectivity index (χ3n) is 4.10. The van der Waals surface area contributed by atoms with Gasteiger partial charge in [-0.3, -0.25) is 14.4 Å². The van der Waals surface area contributed by atoms with Gasteiger partial charge in [0.2, 0.25) is 11.8 Å². The van der Waals surface area contributed by atoms with Crippen LogP contribution in [0.25, 0.3) is 0 Å². The van der Waals surface area contributed by atoms with E-state index < -0.39 is 17.5 Å². The van der Waals surface area contributed by atoms with Crippen molar-refractivity contribution < 1.29 is 23.2 Å². The van der Waals surface area contributed by atoms with Crippen LogP contribution in [0.5, 0.6) is 0 Å². The van der Waals surface area contributed by atoms with Gasteiger partial charge in [-0.05, 0) is 30.7 Å². The lowest BCUT2D eigenvalue weighted by molar-refractivity contribution is -0.122. The SMILES string of the molecule is O=C1CN(C(=O)CCCNC(=O)c2ccc(F)cc2F)c2ccccc2N1. The second-order valence-electron chi connectivity index (χ2n) is 6.03. The fraction of sp³-hybridized carbons (Fsp3) is 0.211. The van der Waals surface area contributed by atoms with E-state index in [9.17, 15) is 23.2 Å². The molecule has 0 bridgehead atoms. The van der Waals surface area contributed by atoms with Gasteiger partial charge in [0.1, 0.15) is 18.2 Å². The molecule has 0 saturated heterocycles. The zero-order valence-electron chi connectivity index (χ0n) is 14.3. The Hall–Kier alpha value is -3.29. The molecule has 1 aliphatic rings. The molecular formula is C19H17F2N3O3. The van der Waals surface area contributed by atoms with E-state index in [2.05, 4.69) is 10.6 Å². The first-order chi connectivity index (χ1) is 13.0. The van der Waals surface area contributed by atoms with Crippen LogP contribution in [-0.2, 0) is 9.59 Å². The van der Waals surface area contributed by atoms with Crippen LogP contribution in [0.15, 0.2) is 42.5 Å². The number of carbonyl (C=O) groups is 3. The van der Waals surface area contributed by atoms with Crippen molar-refractivity contribution in [1.29, 1.82) is 0 Å². The van der Waals surface area contributed by atoms with E-state index >= 15 is 0 Å². The van der Waals surface area contributed by atoms with Crippen molar-refractivity contribution in [3.05, 3.63) is 59.7 Å². The Bertz CT molecular complexity index is 902. The number of para-hydroxylation sites is 2. The third kappa shape index (κ3) is 4.28. The summed E-state index contributed by atoms with van der Waals surface area (Å²) in [6.07, 6.45) is 0.418. The van der Waals surface area contributed by atoms with E-state index in [0.29, 0.717) is 23.9 Å². The fourth-order valence-electron chi connectivity index (χ4n) is 2.80. The molecule has 2 aromatic rings. The topological polar surface area (TPSA) is 78.5 Å². The third-order valence-corrected chi connectivity index (χ3v) is 4.10. The highest BCUT2D eigenvalue weighted by atomic mass is 19.1. The number of nitrogens with zero attached hydrogens (tertiary/aromatic N) is 1. The van der Waals surface area contributed by atoms with Crippen molar-refractivity contribution in [2.45, 2.75) is 12.8 Å². The Balaban J connectivity index is 1.53. The summed E-state index contributed by atoms with van der Waals surface area (Å²) in [4.78, 5) is 37.5. The molecule has 3 amide bonds. The normalized spacial score (nSPS) is 13.0. The van der Waals surface area contributed by atoms with Gasteiger partial charge in [-0.15, -0.1) is 0 Å². The van der Waals surface area contributed by atoms with Gasteiger partial charge in [0.25, 0.3) is 5.91 Å². The molecule has 27 heavy (non-hydrogen) atoms. The van der Waals surface area contributed by atoms with E-state index in [-0.39, 0.29) is 36.9 Å². The Labute approximate surface area is 154 Å². The van der Waals surface area contributed by atoms with Crippen molar-refractivity contribution in [3.8, 4) is 0 Å². The number of fused-ring (bicyclic) bond motifs is 1. The molecule has 8 heteroatoms. The van der Waals surface area contributed by atoms with Gasteiger partial charge >= 0.3 is 0 Å². The summed E-state index contributed by atoms with van der Waals surface area (Å²) >= 11 is 0. The molecule has 0 atom stereocenters. The van der Waals surface area contributed by atoms with Crippen molar-refractivity contribution in [3.63, 3.8) is 0 Å². The smallest absolute Gasteiger partial charge is 0.254 e. The largest absolute Gasteiger partial charge is 0.352 e. The molecule has 0 aliphatic carbocycles. The summed E-state index contributed by atoms with van der Waals surface area (Å²) in [5.74, 6) is -2.91. The summed E-state index contributed by atoms with van der Waals surface area (Å²) in [6, 6.07) is 9.69. The molecule has 2 aromatic carbocycles. The minimum absolute atomic E-state index is 0.0665. The maximum atomic E-state index is 13.6. The van der Waals surface area contributed by atoms with Gasteiger partial charge < -0.3 is 15.5 Å². The molecule has 1 heterocycles. The first-order valence-electron chi connectivity index (χ1n) is 8.38. The van der Waals surface area contributed by atoms with Crippen molar-refractivity contribution >= 4 is 29.1 Å². The number of anilines is 2. The van der Waals surface area contributed by atoms with E-state index in [1.54, 1.807) is 24.3 Å². The van der Waals surface area contributed by atoms with Gasteiger partial charge in [0.05, 0.1) is 16.9 Å². The summed E-state index contributed by atoms with van der Waals surface area (Å²) in [7, 11) is 0. The predicted octanol–water partition coefficient (Wildman–Crippen LogP) is 2.46. The maximum Gasteiger partial charge on any atom is 0.254 e. The van der Waals surface area contributed by atoms with Crippen LogP contribution in [0, 0.1) is 11.6 Å². The Morgan fingerprint density at radius 3 is 2.70 bits per heavy atom. The number of benzene rings is 2. The first kappa shape index (κ1) is 18.5. The average Bonchev–Trinajstić information content (AvgIpc) is 2.64. The zero-order valence-corrected chi connectivity index (χ0v) is 14.3. The number of rotatable bonds is 5. The van der Waals surface area contributed by atoms with E-state index in [1.165, 1.54) is 4.90 Å². The molecule has 0 unspecified atom stereocenters. The second-order valence-corrected chi connectivity index (χ2v) is 6.03. The van der Waals surface area contributed by atoms with Crippen molar-refractivity contribution in [2.24, 2.45) is 0 Å². The van der Waals surface area contributed by atoms with Gasteiger partial charge in [-0.2, -0.15) is 0 Å². The Morgan fingerprint density at radius 2 is 1.93 bits per heavy atom. The van der Waals surface area contributed by atoms with Crippen LogP contribution in [0.2, 0.25) is 0 Å². The zero-order chi connectivity index (χ0) is 19.4. The number of halogens is 2. The van der Waals surface area contributed by atoms with Gasteiger partial charge in [0.15, 0.2) is 0 Å². The van der Waals surface area contributed by atoms with E-state index in [4.69, 9.17) is 0 Å². The van der Waals surface area contributed by atoms with Gasteiger partial charge in [0, 0.05) is 19.0 Å². The maximum absolute atomic E-state index is 13.6. The van der Waals surface area contributed by atoms with E-state index in [0.717, 1.165) is 12.1 Å². The highest BCUT2D eigenvalue weighted by molar-refractivity contribution is 6.09. The molecule has 3 rings (SSSR count). The first-order valence-corrected chi connectivity index (χ1v) is 8.38. The quantitative estimate of drug-likeness (QED) is 0.791. The molecule has 6 nitrogen and oxygen atoms in total. The van der Waals surface area contributed by atoms with E-state index in [1.807, 2.05) is 0 Å². The number of amides is 3. The molecular weight excluding hydrogens is 356 g/mol. The number of carbonyl (C=O) groups excluding carboxylic acids is 3. The molecule has 2 N–H and O–H groups in total. The van der Waals surface area contributed by atoms with Crippen LogP contribution < -0.4 is 15.5 Å². The van der Waals surface area contributed by atoms with Crippen LogP contribution in [-0.4, -0.2) is 30.8 Å². The molecule has 140 valence electrons. The van der Waals surface area contributed by atoms with Crippen LogP contribution >= 0.6 is 0 Å². The molecule has 0 aromatic heterocycles. The summed E-state index contributed by atoms with van der Waals surface area (Å²) in [5.41, 5.74) is 0.936. The summed E-state index contributed by atoms with van der Waals surface area (Å²) < 4.78 is 26.4. The monoisotopic (exact) mass is 373 g/mol. The molecule has 1 aliphatic heterocycles. The lowest BCUT2D eigenvalue weighted by atomic mass is 10.1. The van der Waals surface area contributed by atoms with Gasteiger partial charge in [-0.25, -0.2) is 8.78 Å². The highest BCUT2D eigenvalue weighted by Gasteiger charge is 2.26. The minimum atomic E-state index is -0.945. The fourth-order valence-corrected chi connectivity index (χ4v) is 2.80. The average molecular weight is 373 g/mol. The minimum Gasteiger partial charge on any atom is -0.352 e. The van der Waals surface area contributed by atoms with Gasteiger partial charge in [-0.1, -0.05) is 12.1 Å². The lowest BCUT2D eigenvalue weighted by Crippen LogP contribution is -2.42. The molecule has 0 radical (unpaired) electrons. The van der Waals surface area contributed by atoms with Crippen molar-refractivity contribution in [2.75, 3.05) is 23.3 Å². The lowest BCUT2D eigenvalue weighted by Gasteiger charge is -2.29. The Kier molecular flexibility index (Phi) is 5.44. The van der Waals surface area contributed by atoms with Crippen LogP contribution in [0.1, 0.15) is 23.2 Å². The highest BCUT2D eigenvalue weighted by Crippen LogP contribution is 2.29. The standard InChI is InChI=1S/C19H17F2N3O3/c20-12-7-8-13(14(21)10-12)19(27)22-9-3-6-18(26)24-11-17(25)23-15-4-1-2-5-16(15)24/h1-2,4-5,7-8,10H,3,6,9,11H2,(H,22,27)(H,23,25). The molecule has 0 spiro atoms. The summed E-state index contributed by atoms with van der Waals surface area (Å²) in [6.45, 7) is 0.0755. The second kappa shape index (κ2) is 7.94. The molecule has 0 saturated carbocycles. The molecule has 0 fully saturated rings. The van der Waals surface area contributed by atoms with Crippen LogP contribution in [0.3, 0.4) is 0 Å². The Morgan fingerprint density at radius 1 is 1.15 bits per heavy atom. The van der Waals surface area contributed by atoms with Crippen LogP contribution in [0.4, 0.5) is 20.2 Å². The number of nitrogens with one attached hydrogen (secondary N) is 2. The summed E-state index contributed by atoms with van der Waals surface area (Å²) in [5, 5.41) is 5.20. The number of hydrogen-bond acceptors (Lipinski definition) is 3. The predicted molar refractivity (Wildman–Crippen MR) is 95.3 cm³/mol. The number of hydrogen-bond donors (Lipinski definition) is 2.